The predicted molar refractivity (Wildman–Crippen MR) is 112 cm³/mol. The molecule has 4 aromatic rings. The first-order valence-corrected chi connectivity index (χ1v) is 8.89. The molecule has 0 saturated carbocycles. The molecule has 0 bridgehead atoms. The van der Waals surface area contributed by atoms with Crippen LogP contribution in [0.2, 0.25) is 0 Å². The summed E-state index contributed by atoms with van der Waals surface area (Å²) in [6, 6.07) is 36.3. The molecular weight excluding hydrogens is 311 g/mol. The monoisotopic (exact) mass is 330 g/mol. The Labute approximate surface area is 155 Å². The van der Waals surface area contributed by atoms with E-state index in [4.69, 9.17) is 0 Å². The SMILES string of the molecule is b1ccc(C(=C(c2ccccc2)c2ccccc2)c2ccccc2)cc1. The Morgan fingerprint density at radius 3 is 1.04 bits per heavy atom. The number of rotatable bonds is 4. The van der Waals surface area contributed by atoms with Gasteiger partial charge in [-0.3, -0.25) is 0 Å². The molecule has 1 heteroatoms. The molecule has 0 unspecified atom stereocenters. The second-order valence-electron chi connectivity index (χ2n) is 6.21. The molecule has 0 nitrogen and oxygen atoms in total. The van der Waals surface area contributed by atoms with Gasteiger partial charge in [-0.25, -0.2) is 0 Å². The van der Waals surface area contributed by atoms with Gasteiger partial charge in [0.1, 0.15) is 0 Å². The fourth-order valence-corrected chi connectivity index (χ4v) is 3.33. The summed E-state index contributed by atoms with van der Waals surface area (Å²) in [6.07, 6.45) is 0. The number of hydrogen-bond acceptors (Lipinski definition) is 0. The van der Waals surface area contributed by atoms with Crippen LogP contribution in [-0.4, -0.2) is 6.91 Å². The van der Waals surface area contributed by atoms with Crippen LogP contribution < -0.4 is 0 Å². The molecular formula is C25H19B. The molecule has 0 aliphatic heterocycles. The summed E-state index contributed by atoms with van der Waals surface area (Å²) < 4.78 is 0. The molecule has 0 atom stereocenters. The molecule has 0 amide bonds. The van der Waals surface area contributed by atoms with Crippen molar-refractivity contribution in [2.24, 2.45) is 0 Å². The Balaban J connectivity index is 2.09. The van der Waals surface area contributed by atoms with E-state index in [1.807, 2.05) is 0 Å². The van der Waals surface area contributed by atoms with Gasteiger partial charge in [0.05, 0.1) is 0 Å². The van der Waals surface area contributed by atoms with Gasteiger partial charge >= 0.3 is 155 Å². The Bertz CT molecular complexity index is 821. The van der Waals surface area contributed by atoms with E-state index >= 15 is 0 Å². The van der Waals surface area contributed by atoms with Gasteiger partial charge in [-0.2, -0.15) is 0 Å². The van der Waals surface area contributed by atoms with Crippen LogP contribution in [0.4, 0.5) is 0 Å². The zero-order valence-electron chi connectivity index (χ0n) is 14.5. The Morgan fingerprint density at radius 1 is 0.385 bits per heavy atom. The molecule has 0 saturated heterocycles. The van der Waals surface area contributed by atoms with Crippen molar-refractivity contribution in [3.05, 3.63) is 137 Å². The average Bonchev–Trinajstić information content (AvgIpc) is 2.74. The van der Waals surface area contributed by atoms with Crippen LogP contribution in [0.25, 0.3) is 11.1 Å². The van der Waals surface area contributed by atoms with Crippen LogP contribution in [0, 0.1) is 0 Å². The van der Waals surface area contributed by atoms with Crippen molar-refractivity contribution in [3.8, 4) is 0 Å². The van der Waals surface area contributed by atoms with Crippen molar-refractivity contribution in [1.29, 1.82) is 0 Å². The van der Waals surface area contributed by atoms with E-state index < -0.39 is 0 Å². The molecule has 0 radical (unpaired) electrons. The average molecular weight is 330 g/mol. The first kappa shape index (κ1) is 16.3. The van der Waals surface area contributed by atoms with E-state index in [2.05, 4.69) is 122 Å². The molecule has 0 aliphatic carbocycles. The second-order valence-corrected chi connectivity index (χ2v) is 6.21. The zero-order chi connectivity index (χ0) is 17.6. The van der Waals surface area contributed by atoms with E-state index in [1.54, 1.807) is 0 Å². The minimum atomic E-state index is 1.22. The van der Waals surface area contributed by atoms with Gasteiger partial charge < -0.3 is 0 Å². The van der Waals surface area contributed by atoms with Gasteiger partial charge in [-0.1, -0.05) is 0 Å². The van der Waals surface area contributed by atoms with Gasteiger partial charge in [0.15, 0.2) is 0 Å². The standard InChI is InChI=1S/C25H19B/c1-4-10-20(11-5-1)24(21-12-6-2-7-13-21)25(22-14-8-3-9-15-22)23-16-18-26-19-17-23/h1-19H. The molecule has 0 N–H and O–H groups in total. The predicted octanol–water partition coefficient (Wildman–Crippen LogP) is 6.03. The van der Waals surface area contributed by atoms with E-state index in [0.29, 0.717) is 0 Å². The minimum absolute atomic E-state index is 1.22. The number of hydrogen-bond donors (Lipinski definition) is 0. The molecule has 1 aromatic heterocycles. The van der Waals surface area contributed by atoms with Crippen LogP contribution in [-0.2, 0) is 0 Å². The first-order chi connectivity index (χ1) is 12.9. The van der Waals surface area contributed by atoms with Gasteiger partial charge in [0.2, 0.25) is 0 Å². The molecule has 1 heterocycles. The van der Waals surface area contributed by atoms with E-state index in [0.717, 1.165) is 0 Å². The van der Waals surface area contributed by atoms with Crippen molar-refractivity contribution < 1.29 is 0 Å². The maximum atomic E-state index is 2.19. The van der Waals surface area contributed by atoms with Crippen LogP contribution in [0.1, 0.15) is 22.3 Å². The third-order valence-electron chi connectivity index (χ3n) is 4.50. The molecule has 3 aromatic carbocycles. The van der Waals surface area contributed by atoms with Crippen molar-refractivity contribution in [3.63, 3.8) is 0 Å². The first-order valence-electron chi connectivity index (χ1n) is 8.89. The summed E-state index contributed by atoms with van der Waals surface area (Å²) in [4.78, 5) is 0. The normalized spacial score (nSPS) is 10.2. The zero-order valence-corrected chi connectivity index (χ0v) is 14.5. The fourth-order valence-electron chi connectivity index (χ4n) is 3.33. The number of benzene rings is 3. The summed E-state index contributed by atoms with van der Waals surface area (Å²) in [5.41, 5.74) is 7.40. The summed E-state index contributed by atoms with van der Waals surface area (Å²) in [7, 11) is 0. The van der Waals surface area contributed by atoms with Crippen LogP contribution >= 0.6 is 0 Å². The Kier molecular flexibility index (Phi) is 4.89. The summed E-state index contributed by atoms with van der Waals surface area (Å²) in [5.74, 6) is 4.21. The third kappa shape index (κ3) is 3.43. The topological polar surface area (TPSA) is 0 Å². The molecule has 4 rings (SSSR count). The van der Waals surface area contributed by atoms with Crippen LogP contribution in [0.3, 0.4) is 0 Å². The van der Waals surface area contributed by atoms with Crippen molar-refractivity contribution >= 4 is 18.1 Å². The van der Waals surface area contributed by atoms with Crippen molar-refractivity contribution in [2.75, 3.05) is 0 Å². The summed E-state index contributed by atoms with van der Waals surface area (Å²) in [5, 5.41) is 0. The summed E-state index contributed by atoms with van der Waals surface area (Å²) >= 11 is 0. The summed E-state index contributed by atoms with van der Waals surface area (Å²) in [6.45, 7) is 2.07. The quantitative estimate of drug-likeness (QED) is 0.401. The molecule has 0 aliphatic rings. The van der Waals surface area contributed by atoms with Gasteiger partial charge in [0.25, 0.3) is 0 Å². The fraction of sp³-hybridized carbons (Fsp3) is 0. The van der Waals surface area contributed by atoms with E-state index in [9.17, 15) is 0 Å². The molecule has 122 valence electrons. The second kappa shape index (κ2) is 7.80. The van der Waals surface area contributed by atoms with Crippen molar-refractivity contribution in [1.82, 2.24) is 0 Å². The van der Waals surface area contributed by atoms with Crippen LogP contribution in [0.5, 0.6) is 0 Å². The van der Waals surface area contributed by atoms with Crippen LogP contribution in [0.15, 0.2) is 115 Å². The van der Waals surface area contributed by atoms with Gasteiger partial charge in [0, 0.05) is 0 Å². The van der Waals surface area contributed by atoms with Crippen molar-refractivity contribution in [2.45, 2.75) is 0 Å². The van der Waals surface area contributed by atoms with Gasteiger partial charge in [-0.15, -0.1) is 0 Å². The van der Waals surface area contributed by atoms with E-state index in [-0.39, 0.29) is 0 Å². The van der Waals surface area contributed by atoms with Gasteiger partial charge in [-0.05, 0) is 0 Å². The van der Waals surface area contributed by atoms with E-state index in [1.165, 1.54) is 33.4 Å². The molecule has 26 heavy (non-hydrogen) atoms. The molecule has 0 spiro atoms. The maximum absolute atomic E-state index is 2.19. The Hall–Kier alpha value is -3.19. The third-order valence-corrected chi connectivity index (χ3v) is 4.50. The molecule has 0 fully saturated rings. The Morgan fingerprint density at radius 2 is 0.692 bits per heavy atom.